The monoisotopic (exact) mass is 480 g/mol. The fourth-order valence-corrected chi connectivity index (χ4v) is 2.14. The standard InChI is InChI=1S/C15H27NO6.C6H13NO3.CH4/c1-13(17)22-12-11-21-10-9-16-14(18)7-5-3-4-6-8-15(19)20-2;1-6(8)10-5-4-9-3-2-7;/h3-12H2,1-2H3,(H,16,18);2-5,7H2,1H3;1H4. The molecule has 0 aliphatic heterocycles. The van der Waals surface area contributed by atoms with Crippen LogP contribution in [0, 0.1) is 0 Å². The highest BCUT2D eigenvalue weighted by Crippen LogP contribution is 2.05. The van der Waals surface area contributed by atoms with Crippen LogP contribution in [0.3, 0.4) is 0 Å². The maximum absolute atomic E-state index is 11.5. The lowest BCUT2D eigenvalue weighted by molar-refractivity contribution is -0.143. The minimum Gasteiger partial charge on any atom is -0.469 e. The molecular weight excluding hydrogens is 436 g/mol. The molecule has 3 N–H and O–H groups in total. The van der Waals surface area contributed by atoms with Gasteiger partial charge in [0, 0.05) is 39.8 Å². The van der Waals surface area contributed by atoms with Crippen LogP contribution in [0.4, 0.5) is 0 Å². The Hall–Kier alpha value is -2.24. The van der Waals surface area contributed by atoms with E-state index in [9.17, 15) is 19.2 Å². The van der Waals surface area contributed by atoms with E-state index in [2.05, 4.69) is 14.8 Å². The Morgan fingerprint density at radius 1 is 0.727 bits per heavy atom. The summed E-state index contributed by atoms with van der Waals surface area (Å²) in [4.78, 5) is 43.0. The number of ether oxygens (including phenoxy) is 5. The molecule has 0 saturated heterocycles. The van der Waals surface area contributed by atoms with Crippen LogP contribution < -0.4 is 11.1 Å². The molecule has 0 fully saturated rings. The summed E-state index contributed by atoms with van der Waals surface area (Å²) in [7, 11) is 1.38. The molecule has 0 spiro atoms. The minimum absolute atomic E-state index is 0. The maximum Gasteiger partial charge on any atom is 0.305 e. The van der Waals surface area contributed by atoms with E-state index in [0.29, 0.717) is 59.0 Å². The number of hydrogen-bond donors (Lipinski definition) is 2. The molecule has 0 atom stereocenters. The third-order valence-electron chi connectivity index (χ3n) is 3.66. The third-order valence-corrected chi connectivity index (χ3v) is 3.66. The number of carbonyl (C=O) groups is 4. The highest BCUT2D eigenvalue weighted by molar-refractivity contribution is 5.75. The van der Waals surface area contributed by atoms with Crippen molar-refractivity contribution in [2.24, 2.45) is 5.73 Å². The zero-order valence-corrected chi connectivity index (χ0v) is 19.7. The highest BCUT2D eigenvalue weighted by atomic mass is 16.6. The minimum atomic E-state index is -0.330. The first-order valence-corrected chi connectivity index (χ1v) is 10.8. The summed E-state index contributed by atoms with van der Waals surface area (Å²) in [6, 6.07) is 0. The predicted molar refractivity (Wildman–Crippen MR) is 123 cm³/mol. The molecule has 0 aromatic rings. The third kappa shape index (κ3) is 34.6. The maximum atomic E-state index is 11.5. The van der Waals surface area contributed by atoms with Gasteiger partial charge in [-0.2, -0.15) is 0 Å². The van der Waals surface area contributed by atoms with E-state index >= 15 is 0 Å². The first kappa shape index (κ1) is 35.4. The van der Waals surface area contributed by atoms with Gasteiger partial charge < -0.3 is 34.7 Å². The Morgan fingerprint density at radius 2 is 1.24 bits per heavy atom. The molecule has 11 heteroatoms. The fourth-order valence-electron chi connectivity index (χ4n) is 2.14. The van der Waals surface area contributed by atoms with Crippen molar-refractivity contribution in [2.75, 3.05) is 59.8 Å². The van der Waals surface area contributed by atoms with Gasteiger partial charge >= 0.3 is 17.9 Å². The van der Waals surface area contributed by atoms with Crippen LogP contribution in [-0.4, -0.2) is 83.7 Å². The Labute approximate surface area is 198 Å². The number of methoxy groups -OCH3 is 1. The average Bonchev–Trinajstić information content (AvgIpc) is 2.75. The van der Waals surface area contributed by atoms with E-state index in [1.54, 1.807) is 0 Å². The molecule has 0 unspecified atom stereocenters. The summed E-state index contributed by atoms with van der Waals surface area (Å²) in [6.07, 6.45) is 4.36. The van der Waals surface area contributed by atoms with Gasteiger partial charge in [-0.15, -0.1) is 0 Å². The van der Waals surface area contributed by atoms with Crippen LogP contribution in [0.1, 0.15) is 59.8 Å². The summed E-state index contributed by atoms with van der Waals surface area (Å²) in [5, 5.41) is 2.75. The lowest BCUT2D eigenvalue weighted by Gasteiger charge is -2.06. The number of amides is 1. The second kappa shape index (κ2) is 27.8. The number of unbranched alkanes of at least 4 members (excludes halogenated alkanes) is 3. The van der Waals surface area contributed by atoms with Crippen molar-refractivity contribution in [3.05, 3.63) is 0 Å². The fraction of sp³-hybridized carbons (Fsp3) is 0.818. The van der Waals surface area contributed by atoms with Crippen molar-refractivity contribution in [1.29, 1.82) is 0 Å². The molecular formula is C22H44N2O9. The van der Waals surface area contributed by atoms with Crippen LogP contribution in [0.2, 0.25) is 0 Å². The molecule has 196 valence electrons. The van der Waals surface area contributed by atoms with Gasteiger partial charge in [-0.1, -0.05) is 20.3 Å². The van der Waals surface area contributed by atoms with E-state index < -0.39 is 0 Å². The lowest BCUT2D eigenvalue weighted by atomic mass is 10.1. The summed E-state index contributed by atoms with van der Waals surface area (Å²) < 4.78 is 23.9. The van der Waals surface area contributed by atoms with Crippen molar-refractivity contribution in [2.45, 2.75) is 59.8 Å². The van der Waals surface area contributed by atoms with Gasteiger partial charge in [-0.25, -0.2) is 0 Å². The predicted octanol–water partition coefficient (Wildman–Crippen LogP) is 1.36. The van der Waals surface area contributed by atoms with Crippen molar-refractivity contribution in [3.63, 3.8) is 0 Å². The van der Waals surface area contributed by atoms with Crippen LogP contribution in [0.15, 0.2) is 0 Å². The normalized spacial score (nSPS) is 9.58. The van der Waals surface area contributed by atoms with E-state index in [1.807, 2.05) is 0 Å². The summed E-state index contributed by atoms with van der Waals surface area (Å²) >= 11 is 0. The van der Waals surface area contributed by atoms with Crippen LogP contribution >= 0.6 is 0 Å². The topological polar surface area (TPSA) is 152 Å². The number of nitrogens with one attached hydrogen (secondary N) is 1. The van der Waals surface area contributed by atoms with Crippen molar-refractivity contribution in [1.82, 2.24) is 5.32 Å². The quantitative estimate of drug-likeness (QED) is 0.167. The zero-order valence-electron chi connectivity index (χ0n) is 19.7. The van der Waals surface area contributed by atoms with Crippen molar-refractivity contribution in [3.8, 4) is 0 Å². The van der Waals surface area contributed by atoms with E-state index in [1.165, 1.54) is 21.0 Å². The Balaban J connectivity index is -0.000000690. The second-order valence-electron chi connectivity index (χ2n) is 6.53. The first-order chi connectivity index (χ1) is 15.3. The van der Waals surface area contributed by atoms with E-state index in [-0.39, 0.29) is 37.8 Å². The number of esters is 3. The largest absolute Gasteiger partial charge is 0.469 e. The van der Waals surface area contributed by atoms with Crippen molar-refractivity contribution >= 4 is 23.8 Å². The molecule has 1 amide bonds. The average molecular weight is 481 g/mol. The van der Waals surface area contributed by atoms with Crippen molar-refractivity contribution < 1.29 is 42.9 Å². The molecule has 33 heavy (non-hydrogen) atoms. The van der Waals surface area contributed by atoms with E-state index in [4.69, 9.17) is 19.9 Å². The lowest BCUT2D eigenvalue weighted by Crippen LogP contribution is -2.27. The number of rotatable bonds is 18. The van der Waals surface area contributed by atoms with Gasteiger partial charge in [0.1, 0.15) is 13.2 Å². The van der Waals surface area contributed by atoms with Gasteiger partial charge in [0.05, 0.1) is 33.5 Å². The summed E-state index contributed by atoms with van der Waals surface area (Å²) in [6.45, 7) is 5.87. The molecule has 0 bridgehead atoms. The molecule has 0 aliphatic carbocycles. The zero-order chi connectivity index (χ0) is 24.5. The summed E-state index contributed by atoms with van der Waals surface area (Å²) in [5.41, 5.74) is 5.14. The van der Waals surface area contributed by atoms with Crippen LogP contribution in [0.25, 0.3) is 0 Å². The molecule has 0 aliphatic rings. The smallest absolute Gasteiger partial charge is 0.305 e. The van der Waals surface area contributed by atoms with Gasteiger partial charge in [0.15, 0.2) is 0 Å². The molecule has 0 aromatic carbocycles. The van der Waals surface area contributed by atoms with Gasteiger partial charge in [-0.3, -0.25) is 19.2 Å². The Kier molecular flexibility index (Phi) is 29.8. The Morgan fingerprint density at radius 3 is 1.73 bits per heavy atom. The number of nitrogens with two attached hydrogens (primary N) is 1. The SMILES string of the molecule is C.CC(=O)OCCOCCN.COC(=O)CCCCCCC(=O)NCCOCCOC(C)=O. The molecule has 0 saturated carbocycles. The molecule has 0 rings (SSSR count). The number of carbonyl (C=O) groups excluding carboxylic acids is 4. The van der Waals surface area contributed by atoms with Crippen LogP contribution in [-0.2, 0) is 42.9 Å². The second-order valence-corrected chi connectivity index (χ2v) is 6.53. The first-order valence-electron chi connectivity index (χ1n) is 10.8. The summed E-state index contributed by atoms with van der Waals surface area (Å²) in [5.74, 6) is -0.803. The molecule has 0 radical (unpaired) electrons. The Bertz CT molecular complexity index is 502. The van der Waals surface area contributed by atoms with E-state index in [0.717, 1.165) is 25.7 Å². The van der Waals surface area contributed by atoms with Gasteiger partial charge in [0.2, 0.25) is 5.91 Å². The van der Waals surface area contributed by atoms with Gasteiger partial charge in [-0.05, 0) is 12.8 Å². The van der Waals surface area contributed by atoms with Gasteiger partial charge in [0.25, 0.3) is 0 Å². The molecule has 0 aromatic heterocycles. The molecule has 0 heterocycles. The number of hydrogen-bond acceptors (Lipinski definition) is 10. The van der Waals surface area contributed by atoms with Crippen LogP contribution in [0.5, 0.6) is 0 Å². The highest BCUT2D eigenvalue weighted by Gasteiger charge is 2.02. The molecule has 11 nitrogen and oxygen atoms in total.